The molecule has 0 saturated heterocycles. The molecule has 2 rings (SSSR count). The third-order valence-corrected chi connectivity index (χ3v) is 3.44. The average Bonchev–Trinajstić information content (AvgIpc) is 2.33. The molecule has 0 bridgehead atoms. The first-order valence-corrected chi connectivity index (χ1v) is 6.35. The molecule has 1 fully saturated rings. The minimum Gasteiger partial charge on any atom is -0.288 e. The first-order chi connectivity index (χ1) is 8.58. The minimum absolute atomic E-state index is 0.238. The fourth-order valence-electron chi connectivity index (χ4n) is 2.29. The maximum atomic E-state index is 11.4. The number of anilines is 1. The number of aromatic amines is 1. The summed E-state index contributed by atoms with van der Waals surface area (Å²) in [7, 11) is 0. The van der Waals surface area contributed by atoms with Gasteiger partial charge in [0.1, 0.15) is 5.69 Å². The number of nitrogens with zero attached hydrogens (tertiary/aromatic N) is 3. The molecule has 1 aliphatic carbocycles. The van der Waals surface area contributed by atoms with Crippen LogP contribution in [0.3, 0.4) is 0 Å². The van der Waals surface area contributed by atoms with Crippen molar-refractivity contribution in [2.45, 2.75) is 40.0 Å². The molecule has 0 spiro atoms. The number of hydrogen-bond donors (Lipinski definition) is 2. The van der Waals surface area contributed by atoms with Crippen LogP contribution in [-0.4, -0.2) is 20.9 Å². The van der Waals surface area contributed by atoms with Crippen molar-refractivity contribution in [1.82, 2.24) is 15.2 Å². The molecule has 0 aliphatic heterocycles. The standard InChI is InChI=1S/C12H19N5O/c1-7-5-4-6-8(2)10(7)15-17-12-13-11(18)9(3)14-16-12/h7-8H,4-6H2,1-3H3,(H2,13,16,17,18)/t7-,8-/m0/s1. The molecule has 0 radical (unpaired) electrons. The highest BCUT2D eigenvalue weighted by molar-refractivity contribution is 5.89. The van der Waals surface area contributed by atoms with Gasteiger partial charge in [-0.15, -0.1) is 10.2 Å². The van der Waals surface area contributed by atoms with Crippen LogP contribution in [0.25, 0.3) is 0 Å². The molecule has 1 aromatic rings. The van der Waals surface area contributed by atoms with Gasteiger partial charge in [0, 0.05) is 5.71 Å². The Morgan fingerprint density at radius 1 is 1.28 bits per heavy atom. The summed E-state index contributed by atoms with van der Waals surface area (Å²) < 4.78 is 0. The number of hydrogen-bond acceptors (Lipinski definition) is 5. The van der Waals surface area contributed by atoms with Crippen molar-refractivity contribution in [1.29, 1.82) is 0 Å². The Bertz CT molecular complexity index is 495. The Hall–Kier alpha value is -1.72. The molecule has 98 valence electrons. The quantitative estimate of drug-likeness (QED) is 0.781. The van der Waals surface area contributed by atoms with Gasteiger partial charge < -0.3 is 0 Å². The molecule has 18 heavy (non-hydrogen) atoms. The minimum atomic E-state index is -0.238. The number of nitrogens with one attached hydrogen (secondary N) is 2. The zero-order valence-electron chi connectivity index (χ0n) is 11.0. The van der Waals surface area contributed by atoms with Crippen LogP contribution in [0.15, 0.2) is 9.90 Å². The van der Waals surface area contributed by atoms with Crippen molar-refractivity contribution >= 4 is 11.7 Å². The predicted octanol–water partition coefficient (Wildman–Crippen LogP) is 1.70. The lowest BCUT2D eigenvalue weighted by Gasteiger charge is -2.26. The van der Waals surface area contributed by atoms with E-state index in [4.69, 9.17) is 0 Å². The molecule has 0 amide bonds. The predicted molar refractivity (Wildman–Crippen MR) is 70.6 cm³/mol. The lowest BCUT2D eigenvalue weighted by atomic mass is 9.81. The Morgan fingerprint density at radius 2 is 1.94 bits per heavy atom. The van der Waals surface area contributed by atoms with E-state index in [0.717, 1.165) is 5.71 Å². The number of rotatable bonds is 2. The van der Waals surface area contributed by atoms with E-state index in [0.29, 0.717) is 23.5 Å². The second kappa shape index (κ2) is 5.29. The van der Waals surface area contributed by atoms with E-state index in [2.05, 4.69) is 39.6 Å². The highest BCUT2D eigenvalue weighted by atomic mass is 16.1. The van der Waals surface area contributed by atoms with Crippen LogP contribution >= 0.6 is 0 Å². The van der Waals surface area contributed by atoms with E-state index in [1.54, 1.807) is 6.92 Å². The van der Waals surface area contributed by atoms with Crippen LogP contribution in [0.2, 0.25) is 0 Å². The van der Waals surface area contributed by atoms with Gasteiger partial charge in [0.2, 0.25) is 5.95 Å². The number of hydrazone groups is 1. The molecule has 2 N–H and O–H groups in total. The van der Waals surface area contributed by atoms with E-state index in [1.165, 1.54) is 19.3 Å². The molecule has 6 heteroatoms. The van der Waals surface area contributed by atoms with Crippen LogP contribution in [0, 0.1) is 18.8 Å². The normalized spacial score (nSPS) is 23.8. The Labute approximate surface area is 106 Å². The first-order valence-electron chi connectivity index (χ1n) is 6.35. The summed E-state index contributed by atoms with van der Waals surface area (Å²) in [6.45, 7) is 5.98. The molecular formula is C12H19N5O. The summed E-state index contributed by atoms with van der Waals surface area (Å²) in [5.41, 5.74) is 4.06. The van der Waals surface area contributed by atoms with Gasteiger partial charge in [0.15, 0.2) is 0 Å². The van der Waals surface area contributed by atoms with E-state index in [1.807, 2.05) is 0 Å². The van der Waals surface area contributed by atoms with Crippen molar-refractivity contribution in [3.8, 4) is 0 Å². The molecule has 6 nitrogen and oxygen atoms in total. The van der Waals surface area contributed by atoms with Crippen molar-refractivity contribution < 1.29 is 0 Å². The lowest BCUT2D eigenvalue weighted by molar-refractivity contribution is 0.486. The smallest absolute Gasteiger partial charge is 0.274 e. The highest BCUT2D eigenvalue weighted by Crippen LogP contribution is 2.26. The summed E-state index contributed by atoms with van der Waals surface area (Å²) in [5.74, 6) is 1.25. The van der Waals surface area contributed by atoms with Crippen LogP contribution in [0.4, 0.5) is 5.95 Å². The fraction of sp³-hybridized carbons (Fsp3) is 0.667. The van der Waals surface area contributed by atoms with Crippen molar-refractivity contribution in [2.75, 3.05) is 5.43 Å². The van der Waals surface area contributed by atoms with Gasteiger partial charge in [-0.3, -0.25) is 9.78 Å². The Balaban J connectivity index is 2.13. The summed E-state index contributed by atoms with van der Waals surface area (Å²) in [6.07, 6.45) is 3.59. The monoisotopic (exact) mass is 249 g/mol. The molecule has 1 heterocycles. The second-order valence-electron chi connectivity index (χ2n) is 4.97. The third kappa shape index (κ3) is 2.75. The Morgan fingerprint density at radius 3 is 2.56 bits per heavy atom. The van der Waals surface area contributed by atoms with Gasteiger partial charge in [-0.25, -0.2) is 5.43 Å². The lowest BCUT2D eigenvalue weighted by Crippen LogP contribution is -2.26. The van der Waals surface area contributed by atoms with Crippen LogP contribution < -0.4 is 11.0 Å². The van der Waals surface area contributed by atoms with Crippen molar-refractivity contribution in [3.63, 3.8) is 0 Å². The van der Waals surface area contributed by atoms with Crippen LogP contribution in [0.5, 0.6) is 0 Å². The number of aryl methyl sites for hydroxylation is 1. The average molecular weight is 249 g/mol. The molecule has 0 unspecified atom stereocenters. The van der Waals surface area contributed by atoms with Gasteiger partial charge in [-0.2, -0.15) is 5.10 Å². The summed E-state index contributed by atoms with van der Waals surface area (Å²) in [4.78, 5) is 14.0. The van der Waals surface area contributed by atoms with Gasteiger partial charge in [0.05, 0.1) is 0 Å². The number of aromatic nitrogens is 3. The van der Waals surface area contributed by atoms with E-state index in [-0.39, 0.29) is 5.56 Å². The largest absolute Gasteiger partial charge is 0.288 e. The SMILES string of the molecule is Cc1nnc(NN=C2[C@@H](C)CCC[C@@H]2C)[nH]c1=O. The van der Waals surface area contributed by atoms with Crippen LogP contribution in [-0.2, 0) is 0 Å². The van der Waals surface area contributed by atoms with Crippen LogP contribution in [0.1, 0.15) is 38.8 Å². The van der Waals surface area contributed by atoms with Gasteiger partial charge in [0.25, 0.3) is 5.56 Å². The molecule has 2 atom stereocenters. The van der Waals surface area contributed by atoms with E-state index >= 15 is 0 Å². The zero-order chi connectivity index (χ0) is 13.1. The first kappa shape index (κ1) is 12.7. The maximum absolute atomic E-state index is 11.4. The van der Waals surface area contributed by atoms with Crippen molar-refractivity contribution in [3.05, 3.63) is 16.0 Å². The third-order valence-electron chi connectivity index (χ3n) is 3.44. The molecule has 1 aliphatic rings. The summed E-state index contributed by atoms with van der Waals surface area (Å²) in [6, 6.07) is 0. The second-order valence-corrected chi connectivity index (χ2v) is 4.97. The highest BCUT2D eigenvalue weighted by Gasteiger charge is 2.22. The maximum Gasteiger partial charge on any atom is 0.274 e. The molecule has 1 aromatic heterocycles. The Kier molecular flexibility index (Phi) is 3.74. The van der Waals surface area contributed by atoms with E-state index in [9.17, 15) is 4.79 Å². The summed E-state index contributed by atoms with van der Waals surface area (Å²) in [5, 5.41) is 12.0. The molecule has 0 aromatic carbocycles. The molecular weight excluding hydrogens is 230 g/mol. The van der Waals surface area contributed by atoms with E-state index < -0.39 is 0 Å². The van der Waals surface area contributed by atoms with Gasteiger partial charge >= 0.3 is 0 Å². The summed E-state index contributed by atoms with van der Waals surface area (Å²) >= 11 is 0. The number of H-pyrrole nitrogens is 1. The fourth-order valence-corrected chi connectivity index (χ4v) is 2.29. The van der Waals surface area contributed by atoms with Gasteiger partial charge in [-0.05, 0) is 31.6 Å². The van der Waals surface area contributed by atoms with Crippen molar-refractivity contribution in [2.24, 2.45) is 16.9 Å². The zero-order valence-corrected chi connectivity index (χ0v) is 11.0. The topological polar surface area (TPSA) is 83.0 Å². The molecule has 1 saturated carbocycles. The van der Waals surface area contributed by atoms with Gasteiger partial charge in [-0.1, -0.05) is 20.3 Å².